The summed E-state index contributed by atoms with van der Waals surface area (Å²) in [4.78, 5) is 26.4. The molecular formula is C19H19FN2O3. The molecule has 1 aliphatic rings. The van der Waals surface area contributed by atoms with Crippen molar-refractivity contribution in [3.05, 3.63) is 66.0 Å². The minimum atomic E-state index is -0.795. The molecule has 0 aliphatic carbocycles. The van der Waals surface area contributed by atoms with Crippen molar-refractivity contribution in [3.8, 4) is 0 Å². The maximum absolute atomic E-state index is 13.9. The van der Waals surface area contributed by atoms with Gasteiger partial charge in [-0.25, -0.2) is 4.39 Å². The van der Waals surface area contributed by atoms with Crippen molar-refractivity contribution in [3.63, 3.8) is 0 Å². The molecule has 0 radical (unpaired) electrons. The van der Waals surface area contributed by atoms with Crippen LogP contribution in [-0.2, 0) is 14.3 Å². The van der Waals surface area contributed by atoms with Gasteiger partial charge in [0.05, 0.1) is 5.69 Å². The van der Waals surface area contributed by atoms with Gasteiger partial charge in [0.2, 0.25) is 5.91 Å². The van der Waals surface area contributed by atoms with E-state index in [1.807, 2.05) is 18.2 Å². The lowest BCUT2D eigenvalue weighted by atomic mass is 10.1. The summed E-state index contributed by atoms with van der Waals surface area (Å²) >= 11 is 0. The molecule has 25 heavy (non-hydrogen) atoms. The molecule has 3 rings (SSSR count). The third-order valence-corrected chi connectivity index (χ3v) is 4.24. The van der Waals surface area contributed by atoms with Crippen molar-refractivity contribution < 1.29 is 18.7 Å². The second-order valence-electron chi connectivity index (χ2n) is 5.82. The second kappa shape index (κ2) is 7.44. The number of rotatable bonds is 5. The number of hydrogen-bond acceptors (Lipinski definition) is 3. The molecule has 0 bridgehead atoms. The van der Waals surface area contributed by atoms with Gasteiger partial charge < -0.3 is 15.0 Å². The van der Waals surface area contributed by atoms with Gasteiger partial charge in [-0.3, -0.25) is 9.59 Å². The van der Waals surface area contributed by atoms with Gasteiger partial charge in [-0.05, 0) is 24.1 Å². The van der Waals surface area contributed by atoms with E-state index in [9.17, 15) is 14.0 Å². The van der Waals surface area contributed by atoms with Gasteiger partial charge in [0.25, 0.3) is 5.91 Å². The van der Waals surface area contributed by atoms with Crippen LogP contribution in [0.1, 0.15) is 18.1 Å². The van der Waals surface area contributed by atoms with E-state index in [2.05, 4.69) is 5.32 Å². The first-order chi connectivity index (χ1) is 12.1. The highest BCUT2D eigenvalue weighted by molar-refractivity contribution is 6.01. The Balaban J connectivity index is 1.70. The molecule has 0 aromatic heterocycles. The fourth-order valence-corrected chi connectivity index (χ4v) is 2.99. The third-order valence-electron chi connectivity index (χ3n) is 4.24. The smallest absolute Gasteiger partial charge is 0.254 e. The van der Waals surface area contributed by atoms with E-state index in [0.29, 0.717) is 18.5 Å². The third kappa shape index (κ3) is 3.53. The highest BCUT2D eigenvalue weighted by atomic mass is 19.1. The molecule has 2 aromatic carbocycles. The number of nitrogens with zero attached hydrogens (tertiary/aromatic N) is 1. The number of methoxy groups -OCH3 is 1. The summed E-state index contributed by atoms with van der Waals surface area (Å²) in [6.45, 7) is 0.355. The highest BCUT2D eigenvalue weighted by Crippen LogP contribution is 2.25. The molecule has 2 aromatic rings. The molecule has 1 N–H and O–H groups in total. The van der Waals surface area contributed by atoms with Gasteiger partial charge in [0.1, 0.15) is 11.9 Å². The Morgan fingerprint density at radius 2 is 1.88 bits per heavy atom. The first-order valence-electron chi connectivity index (χ1n) is 8.06. The molecule has 2 atom stereocenters. The zero-order chi connectivity index (χ0) is 17.8. The quantitative estimate of drug-likeness (QED) is 0.908. The lowest BCUT2D eigenvalue weighted by molar-refractivity contribution is -0.134. The molecule has 6 heteroatoms. The summed E-state index contributed by atoms with van der Waals surface area (Å²) in [5.74, 6) is -1.16. The summed E-state index contributed by atoms with van der Waals surface area (Å²) in [6, 6.07) is 14.5. The van der Waals surface area contributed by atoms with Gasteiger partial charge in [0.15, 0.2) is 6.10 Å². The number of benzene rings is 2. The molecule has 2 amide bonds. The van der Waals surface area contributed by atoms with Crippen LogP contribution < -0.4 is 10.2 Å². The molecule has 1 aliphatic heterocycles. The van der Waals surface area contributed by atoms with Gasteiger partial charge >= 0.3 is 0 Å². The number of carbonyl (C=O) groups is 2. The molecular weight excluding hydrogens is 323 g/mol. The largest absolute Gasteiger partial charge is 0.367 e. The Kier molecular flexibility index (Phi) is 5.09. The lowest BCUT2D eigenvalue weighted by Crippen LogP contribution is -2.44. The Morgan fingerprint density at radius 1 is 1.20 bits per heavy atom. The number of amides is 2. The van der Waals surface area contributed by atoms with Crippen LogP contribution in [0.25, 0.3) is 0 Å². The topological polar surface area (TPSA) is 58.6 Å². The molecule has 130 valence electrons. The SMILES string of the molecule is CO[C@@H](C(=O)N[C@@H]1CCN(c2ccccc2F)C1=O)c1ccccc1. The Bertz CT molecular complexity index is 766. The zero-order valence-electron chi connectivity index (χ0n) is 13.8. The first-order valence-corrected chi connectivity index (χ1v) is 8.06. The average Bonchev–Trinajstić information content (AvgIpc) is 2.97. The van der Waals surface area contributed by atoms with Crippen LogP contribution in [-0.4, -0.2) is 31.5 Å². The number of nitrogens with one attached hydrogen (secondary N) is 1. The summed E-state index contributed by atoms with van der Waals surface area (Å²) in [5, 5.41) is 2.72. The predicted octanol–water partition coefficient (Wildman–Crippen LogP) is 2.43. The number of halogens is 1. The van der Waals surface area contributed by atoms with Crippen molar-refractivity contribution in [2.45, 2.75) is 18.6 Å². The van der Waals surface area contributed by atoms with E-state index in [4.69, 9.17) is 4.74 Å². The number of ether oxygens (including phenoxy) is 1. The molecule has 0 spiro atoms. The van der Waals surface area contributed by atoms with E-state index in [-0.39, 0.29) is 17.5 Å². The summed E-state index contributed by atoms with van der Waals surface area (Å²) in [7, 11) is 1.44. The number of carbonyl (C=O) groups excluding carboxylic acids is 2. The minimum absolute atomic E-state index is 0.232. The molecule has 1 heterocycles. The van der Waals surface area contributed by atoms with Crippen molar-refractivity contribution in [2.75, 3.05) is 18.6 Å². The summed E-state index contributed by atoms with van der Waals surface area (Å²) in [6.07, 6.45) is -0.374. The number of anilines is 1. The molecule has 5 nitrogen and oxygen atoms in total. The van der Waals surface area contributed by atoms with E-state index in [1.165, 1.54) is 18.1 Å². The van der Waals surface area contributed by atoms with Crippen LogP contribution in [0.3, 0.4) is 0 Å². The van der Waals surface area contributed by atoms with Gasteiger partial charge in [0, 0.05) is 13.7 Å². The van der Waals surface area contributed by atoms with Crippen molar-refractivity contribution in [2.24, 2.45) is 0 Å². The van der Waals surface area contributed by atoms with E-state index in [0.717, 1.165) is 0 Å². The monoisotopic (exact) mass is 342 g/mol. The lowest BCUT2D eigenvalue weighted by Gasteiger charge is -2.20. The molecule has 1 fully saturated rings. The first kappa shape index (κ1) is 17.1. The van der Waals surface area contributed by atoms with E-state index >= 15 is 0 Å². The van der Waals surface area contributed by atoms with Crippen molar-refractivity contribution in [1.82, 2.24) is 5.32 Å². The second-order valence-corrected chi connectivity index (χ2v) is 5.82. The maximum atomic E-state index is 13.9. The maximum Gasteiger partial charge on any atom is 0.254 e. The Morgan fingerprint density at radius 3 is 2.56 bits per heavy atom. The summed E-state index contributed by atoms with van der Waals surface area (Å²) in [5.41, 5.74) is 0.939. The van der Waals surface area contributed by atoms with Crippen molar-refractivity contribution >= 4 is 17.5 Å². The summed E-state index contributed by atoms with van der Waals surface area (Å²) < 4.78 is 19.2. The number of para-hydroxylation sites is 1. The van der Waals surface area contributed by atoms with Crippen LogP contribution in [0.2, 0.25) is 0 Å². The number of hydrogen-bond donors (Lipinski definition) is 1. The predicted molar refractivity (Wildman–Crippen MR) is 91.5 cm³/mol. The fraction of sp³-hybridized carbons (Fsp3) is 0.263. The van der Waals surface area contributed by atoms with Crippen LogP contribution in [0.5, 0.6) is 0 Å². The molecule has 1 saturated heterocycles. The van der Waals surface area contributed by atoms with Gasteiger partial charge in [-0.2, -0.15) is 0 Å². The van der Waals surface area contributed by atoms with E-state index < -0.39 is 18.0 Å². The molecule has 0 unspecified atom stereocenters. The Hall–Kier alpha value is -2.73. The van der Waals surface area contributed by atoms with Gasteiger partial charge in [-0.15, -0.1) is 0 Å². The van der Waals surface area contributed by atoms with Crippen LogP contribution in [0.4, 0.5) is 10.1 Å². The van der Waals surface area contributed by atoms with Crippen LogP contribution in [0.15, 0.2) is 54.6 Å². The van der Waals surface area contributed by atoms with Crippen LogP contribution >= 0.6 is 0 Å². The Labute approximate surface area is 145 Å². The highest BCUT2D eigenvalue weighted by Gasteiger charge is 2.36. The van der Waals surface area contributed by atoms with Gasteiger partial charge in [-0.1, -0.05) is 42.5 Å². The minimum Gasteiger partial charge on any atom is -0.367 e. The van der Waals surface area contributed by atoms with E-state index in [1.54, 1.807) is 30.3 Å². The normalized spacial score (nSPS) is 18.2. The fourth-order valence-electron chi connectivity index (χ4n) is 2.99. The zero-order valence-corrected chi connectivity index (χ0v) is 13.8. The van der Waals surface area contributed by atoms with Crippen molar-refractivity contribution in [1.29, 1.82) is 0 Å². The van der Waals surface area contributed by atoms with Crippen LogP contribution in [0, 0.1) is 5.82 Å². The average molecular weight is 342 g/mol. The molecule has 0 saturated carbocycles. The standard InChI is InChI=1S/C19H19FN2O3/c1-25-17(13-7-3-2-4-8-13)18(23)21-15-11-12-22(19(15)24)16-10-6-5-9-14(16)20/h2-10,15,17H,11-12H2,1H3,(H,21,23)/t15-,17-/m1/s1.